The van der Waals surface area contributed by atoms with Gasteiger partial charge in [0, 0.05) is 6.42 Å². The molecule has 1 aromatic carbocycles. The molecule has 19 heavy (non-hydrogen) atoms. The molecule has 0 N–H and O–H groups in total. The predicted octanol–water partition coefficient (Wildman–Crippen LogP) is 4.25. The highest BCUT2D eigenvalue weighted by Gasteiger charge is 2.09. The highest BCUT2D eigenvalue weighted by molar-refractivity contribution is 5.29. The Kier molecular flexibility index (Phi) is 6.99. The van der Waals surface area contributed by atoms with Crippen LogP contribution < -0.4 is 4.74 Å². The van der Waals surface area contributed by atoms with Crippen LogP contribution in [0, 0.1) is 11.3 Å². The Balaban J connectivity index is 2.53. The highest BCUT2D eigenvalue weighted by atomic mass is 16.7. The number of nitriles is 1. The zero-order chi connectivity index (χ0) is 14.1. The molecular formula is C16H23NO2. The molecule has 0 aliphatic heterocycles. The van der Waals surface area contributed by atoms with Crippen LogP contribution in [0.25, 0.3) is 0 Å². The van der Waals surface area contributed by atoms with Crippen LogP contribution in [0.2, 0.25) is 0 Å². The molecular weight excluding hydrogens is 238 g/mol. The minimum Gasteiger partial charge on any atom is -0.465 e. The average Bonchev–Trinajstić information content (AvgIpc) is 2.46. The SMILES string of the molecule is CCC(OCCC#N)Oc1ccc(C(C)CC)cc1. The third-order valence-electron chi connectivity index (χ3n) is 3.18. The lowest BCUT2D eigenvalue weighted by atomic mass is 9.99. The first kappa shape index (κ1) is 15.5. The number of ether oxygens (including phenoxy) is 2. The summed E-state index contributed by atoms with van der Waals surface area (Å²) in [6, 6.07) is 10.2. The maximum atomic E-state index is 8.48. The maximum absolute atomic E-state index is 8.48. The molecule has 2 unspecified atom stereocenters. The molecule has 3 heteroatoms. The van der Waals surface area contributed by atoms with Crippen molar-refractivity contribution in [2.45, 2.75) is 52.2 Å². The molecule has 0 aromatic heterocycles. The minimum absolute atomic E-state index is 0.275. The molecule has 0 saturated carbocycles. The fourth-order valence-corrected chi connectivity index (χ4v) is 1.73. The quantitative estimate of drug-likeness (QED) is 0.519. The van der Waals surface area contributed by atoms with Crippen LogP contribution in [0.5, 0.6) is 5.75 Å². The molecule has 0 aliphatic rings. The first-order valence-electron chi connectivity index (χ1n) is 6.96. The van der Waals surface area contributed by atoms with Crippen molar-refractivity contribution >= 4 is 0 Å². The Morgan fingerprint density at radius 3 is 2.37 bits per heavy atom. The summed E-state index contributed by atoms with van der Waals surface area (Å²) in [5.74, 6) is 1.39. The summed E-state index contributed by atoms with van der Waals surface area (Å²) in [5.41, 5.74) is 1.33. The molecule has 0 saturated heterocycles. The van der Waals surface area contributed by atoms with Gasteiger partial charge >= 0.3 is 0 Å². The second-order valence-electron chi connectivity index (χ2n) is 4.61. The van der Waals surface area contributed by atoms with Crippen LogP contribution in [0.15, 0.2) is 24.3 Å². The minimum atomic E-state index is -0.275. The standard InChI is InChI=1S/C16H23NO2/c1-4-13(3)14-7-9-15(10-8-14)19-16(5-2)18-12-6-11-17/h7-10,13,16H,4-6,12H2,1-3H3. The van der Waals surface area contributed by atoms with E-state index in [2.05, 4.69) is 32.0 Å². The van der Waals surface area contributed by atoms with Crippen molar-refractivity contribution in [2.24, 2.45) is 0 Å². The molecule has 1 rings (SSSR count). The monoisotopic (exact) mass is 261 g/mol. The van der Waals surface area contributed by atoms with Crippen molar-refractivity contribution in [1.29, 1.82) is 5.26 Å². The van der Waals surface area contributed by atoms with E-state index in [4.69, 9.17) is 14.7 Å². The molecule has 0 amide bonds. The zero-order valence-corrected chi connectivity index (χ0v) is 12.1. The Morgan fingerprint density at radius 1 is 1.16 bits per heavy atom. The Hall–Kier alpha value is -1.53. The van der Waals surface area contributed by atoms with E-state index in [9.17, 15) is 0 Å². The van der Waals surface area contributed by atoms with Crippen LogP contribution in [-0.2, 0) is 4.74 Å². The van der Waals surface area contributed by atoms with Gasteiger partial charge in [-0.2, -0.15) is 5.26 Å². The molecule has 0 fully saturated rings. The molecule has 0 bridgehead atoms. The van der Waals surface area contributed by atoms with Crippen molar-refractivity contribution in [3.05, 3.63) is 29.8 Å². The van der Waals surface area contributed by atoms with Crippen molar-refractivity contribution in [3.63, 3.8) is 0 Å². The van der Waals surface area contributed by atoms with Gasteiger partial charge in [0.1, 0.15) is 5.75 Å². The predicted molar refractivity (Wildman–Crippen MR) is 76.0 cm³/mol. The summed E-state index contributed by atoms with van der Waals surface area (Å²) < 4.78 is 11.2. The first-order valence-corrected chi connectivity index (χ1v) is 6.96. The third kappa shape index (κ3) is 5.32. The van der Waals surface area contributed by atoms with Crippen molar-refractivity contribution in [1.82, 2.24) is 0 Å². The summed E-state index contributed by atoms with van der Waals surface area (Å²) >= 11 is 0. The highest BCUT2D eigenvalue weighted by Crippen LogP contribution is 2.22. The molecule has 0 heterocycles. The third-order valence-corrected chi connectivity index (χ3v) is 3.18. The second kappa shape index (κ2) is 8.55. The molecule has 0 radical (unpaired) electrons. The Bertz CT molecular complexity index is 394. The van der Waals surface area contributed by atoms with Gasteiger partial charge in [-0.15, -0.1) is 0 Å². The number of benzene rings is 1. The number of hydrogen-bond acceptors (Lipinski definition) is 3. The summed E-state index contributed by atoms with van der Waals surface area (Å²) in [4.78, 5) is 0. The fraction of sp³-hybridized carbons (Fsp3) is 0.562. The molecule has 2 atom stereocenters. The molecule has 0 spiro atoms. The molecule has 3 nitrogen and oxygen atoms in total. The van der Waals surface area contributed by atoms with Crippen molar-refractivity contribution in [2.75, 3.05) is 6.61 Å². The van der Waals surface area contributed by atoms with E-state index >= 15 is 0 Å². The lowest BCUT2D eigenvalue weighted by molar-refractivity contribution is -0.0796. The number of rotatable bonds is 8. The largest absolute Gasteiger partial charge is 0.465 e. The van der Waals surface area contributed by atoms with Crippen LogP contribution >= 0.6 is 0 Å². The van der Waals surface area contributed by atoms with Crippen LogP contribution in [0.1, 0.15) is 51.5 Å². The van der Waals surface area contributed by atoms with Gasteiger partial charge in [0.25, 0.3) is 0 Å². The Labute approximate surface area is 116 Å². The van der Waals surface area contributed by atoms with Crippen molar-refractivity contribution < 1.29 is 9.47 Å². The van der Waals surface area contributed by atoms with E-state index in [0.717, 1.165) is 18.6 Å². The Morgan fingerprint density at radius 2 is 1.84 bits per heavy atom. The van der Waals surface area contributed by atoms with Gasteiger partial charge in [0.15, 0.2) is 6.29 Å². The van der Waals surface area contributed by atoms with E-state index in [1.807, 2.05) is 19.1 Å². The average molecular weight is 261 g/mol. The number of nitrogens with zero attached hydrogens (tertiary/aromatic N) is 1. The van der Waals surface area contributed by atoms with Crippen LogP contribution in [-0.4, -0.2) is 12.9 Å². The molecule has 1 aromatic rings. The summed E-state index contributed by atoms with van der Waals surface area (Å²) in [6.45, 7) is 6.82. The van der Waals surface area contributed by atoms with Gasteiger partial charge < -0.3 is 9.47 Å². The van der Waals surface area contributed by atoms with E-state index in [0.29, 0.717) is 18.9 Å². The van der Waals surface area contributed by atoms with Gasteiger partial charge in [-0.25, -0.2) is 0 Å². The lowest BCUT2D eigenvalue weighted by Gasteiger charge is -2.18. The van der Waals surface area contributed by atoms with Crippen LogP contribution in [0.3, 0.4) is 0 Å². The van der Waals surface area contributed by atoms with E-state index in [1.165, 1.54) is 5.56 Å². The first-order chi connectivity index (χ1) is 9.21. The normalized spacial score (nSPS) is 13.6. The van der Waals surface area contributed by atoms with E-state index < -0.39 is 0 Å². The summed E-state index contributed by atoms with van der Waals surface area (Å²) in [6.07, 6.45) is 2.02. The second-order valence-corrected chi connectivity index (χ2v) is 4.61. The maximum Gasteiger partial charge on any atom is 0.199 e. The molecule has 104 valence electrons. The smallest absolute Gasteiger partial charge is 0.199 e. The van der Waals surface area contributed by atoms with Gasteiger partial charge in [-0.05, 0) is 30.0 Å². The van der Waals surface area contributed by atoms with Gasteiger partial charge in [-0.3, -0.25) is 0 Å². The zero-order valence-electron chi connectivity index (χ0n) is 12.1. The van der Waals surface area contributed by atoms with E-state index in [1.54, 1.807) is 0 Å². The number of hydrogen-bond donors (Lipinski definition) is 0. The summed E-state index contributed by atoms with van der Waals surface area (Å²) in [5, 5.41) is 8.48. The van der Waals surface area contributed by atoms with Gasteiger partial charge in [-0.1, -0.05) is 32.9 Å². The molecule has 0 aliphatic carbocycles. The lowest BCUT2D eigenvalue weighted by Crippen LogP contribution is -2.20. The van der Waals surface area contributed by atoms with E-state index in [-0.39, 0.29) is 6.29 Å². The fourth-order valence-electron chi connectivity index (χ4n) is 1.73. The van der Waals surface area contributed by atoms with Gasteiger partial charge in [0.05, 0.1) is 19.1 Å². The van der Waals surface area contributed by atoms with Crippen LogP contribution in [0.4, 0.5) is 0 Å². The topological polar surface area (TPSA) is 42.2 Å². The summed E-state index contributed by atoms with van der Waals surface area (Å²) in [7, 11) is 0. The van der Waals surface area contributed by atoms with Gasteiger partial charge in [0.2, 0.25) is 0 Å². The van der Waals surface area contributed by atoms with Crippen molar-refractivity contribution in [3.8, 4) is 11.8 Å².